The molecule has 1 aliphatic heterocycles. The van der Waals surface area contributed by atoms with Crippen LogP contribution in [0.5, 0.6) is 0 Å². The summed E-state index contributed by atoms with van der Waals surface area (Å²) in [5, 5.41) is 7.63. The third-order valence-corrected chi connectivity index (χ3v) is 5.47. The van der Waals surface area contributed by atoms with E-state index in [0.29, 0.717) is 38.6 Å². The maximum absolute atomic E-state index is 14.0. The second kappa shape index (κ2) is 8.99. The minimum atomic E-state index is -4.60. The predicted octanol–water partition coefficient (Wildman–Crippen LogP) is 3.89. The van der Waals surface area contributed by atoms with Gasteiger partial charge < -0.3 is 9.64 Å². The van der Waals surface area contributed by atoms with Crippen molar-refractivity contribution < 1.29 is 26.7 Å². The molecule has 0 amide bonds. The van der Waals surface area contributed by atoms with Gasteiger partial charge in [-0.1, -0.05) is 0 Å². The van der Waals surface area contributed by atoms with Crippen LogP contribution in [0.3, 0.4) is 0 Å². The molecule has 3 aromatic rings. The average Bonchev–Trinajstić information content (AvgIpc) is 3.14. The number of hydrogen-bond acceptors (Lipinski definition) is 5. The highest BCUT2D eigenvalue weighted by atomic mass is 19.4. The van der Waals surface area contributed by atoms with E-state index in [9.17, 15) is 22.0 Å². The number of alkyl halides is 3. The number of aromatic nitrogens is 3. The van der Waals surface area contributed by atoms with Gasteiger partial charge in [-0.25, -0.2) is 8.78 Å². The number of piperazine rings is 1. The van der Waals surface area contributed by atoms with Crippen LogP contribution in [0.1, 0.15) is 23.9 Å². The SMILES string of the molecule is CCOCc1nnc2c(C(F)(F)F)c(CN3CCN(c4ccc(F)cc4F)CC3)ccn12. The van der Waals surface area contributed by atoms with Crippen LogP contribution in [-0.4, -0.2) is 52.3 Å². The number of pyridine rings is 1. The highest BCUT2D eigenvalue weighted by Crippen LogP contribution is 2.35. The van der Waals surface area contributed by atoms with E-state index in [1.807, 2.05) is 4.90 Å². The lowest BCUT2D eigenvalue weighted by molar-refractivity contribution is -0.137. The minimum absolute atomic E-state index is 0.0657. The second-order valence-electron chi connectivity index (χ2n) is 7.52. The Hall–Kier alpha value is -2.79. The van der Waals surface area contributed by atoms with E-state index < -0.39 is 23.4 Å². The highest BCUT2D eigenvalue weighted by Gasteiger charge is 2.38. The first kappa shape index (κ1) is 22.4. The first-order valence-corrected chi connectivity index (χ1v) is 10.2. The summed E-state index contributed by atoms with van der Waals surface area (Å²) in [6, 6.07) is 4.82. The molecule has 0 aliphatic carbocycles. The Kier molecular flexibility index (Phi) is 6.29. The average molecular weight is 455 g/mol. The number of anilines is 1. The zero-order valence-electron chi connectivity index (χ0n) is 17.4. The zero-order valence-corrected chi connectivity index (χ0v) is 17.4. The highest BCUT2D eigenvalue weighted by molar-refractivity contribution is 5.54. The lowest BCUT2D eigenvalue weighted by Gasteiger charge is -2.36. The predicted molar refractivity (Wildman–Crippen MR) is 107 cm³/mol. The molecule has 1 aliphatic rings. The second-order valence-corrected chi connectivity index (χ2v) is 7.52. The molecule has 3 heterocycles. The van der Waals surface area contributed by atoms with Crippen LogP contribution in [0, 0.1) is 11.6 Å². The van der Waals surface area contributed by atoms with Crippen molar-refractivity contribution in [3.63, 3.8) is 0 Å². The molecule has 4 rings (SSSR count). The molecule has 1 fully saturated rings. The summed E-state index contributed by atoms with van der Waals surface area (Å²) >= 11 is 0. The summed E-state index contributed by atoms with van der Waals surface area (Å²) in [5.41, 5.74) is -0.686. The normalized spacial score (nSPS) is 15.6. The summed E-state index contributed by atoms with van der Waals surface area (Å²) in [6.07, 6.45) is -3.08. The minimum Gasteiger partial charge on any atom is -0.374 e. The molecule has 1 saturated heterocycles. The molecule has 0 unspecified atom stereocenters. The Morgan fingerprint density at radius 1 is 1.03 bits per heavy atom. The van der Waals surface area contributed by atoms with E-state index in [2.05, 4.69) is 10.2 Å². The van der Waals surface area contributed by atoms with Crippen molar-refractivity contribution in [3.8, 4) is 0 Å². The zero-order chi connectivity index (χ0) is 22.9. The molecular formula is C21H22F5N5O. The number of hydrogen-bond donors (Lipinski definition) is 0. The van der Waals surface area contributed by atoms with Crippen LogP contribution in [0.15, 0.2) is 30.5 Å². The van der Waals surface area contributed by atoms with E-state index in [4.69, 9.17) is 4.74 Å². The number of halogens is 5. The molecular weight excluding hydrogens is 433 g/mol. The Labute approximate surface area is 181 Å². The Balaban J connectivity index is 1.53. The maximum Gasteiger partial charge on any atom is 0.420 e. The molecule has 0 N–H and O–H groups in total. The van der Waals surface area contributed by atoms with Gasteiger partial charge in [-0.15, -0.1) is 10.2 Å². The smallest absolute Gasteiger partial charge is 0.374 e. The van der Waals surface area contributed by atoms with Crippen molar-refractivity contribution in [1.29, 1.82) is 0 Å². The molecule has 11 heteroatoms. The Morgan fingerprint density at radius 3 is 2.44 bits per heavy atom. The van der Waals surface area contributed by atoms with Crippen molar-refractivity contribution in [2.45, 2.75) is 26.3 Å². The van der Waals surface area contributed by atoms with Gasteiger partial charge in [0.05, 0.1) is 5.69 Å². The molecule has 1 aromatic carbocycles. The van der Waals surface area contributed by atoms with Gasteiger partial charge in [0.15, 0.2) is 11.5 Å². The summed E-state index contributed by atoms with van der Waals surface area (Å²) in [5.74, 6) is -1.01. The largest absolute Gasteiger partial charge is 0.420 e. The van der Waals surface area contributed by atoms with Crippen molar-refractivity contribution >= 4 is 11.3 Å². The van der Waals surface area contributed by atoms with E-state index in [-0.39, 0.29) is 30.0 Å². The molecule has 0 bridgehead atoms. The molecule has 0 atom stereocenters. The van der Waals surface area contributed by atoms with Crippen LogP contribution in [0.25, 0.3) is 5.65 Å². The van der Waals surface area contributed by atoms with Crippen LogP contribution in [0.4, 0.5) is 27.6 Å². The fraction of sp³-hybridized carbons (Fsp3) is 0.429. The van der Waals surface area contributed by atoms with Crippen LogP contribution in [0.2, 0.25) is 0 Å². The molecule has 0 saturated carbocycles. The van der Waals surface area contributed by atoms with Crippen molar-refractivity contribution in [2.75, 3.05) is 37.7 Å². The van der Waals surface area contributed by atoms with Crippen molar-refractivity contribution in [3.05, 3.63) is 59.0 Å². The number of nitrogens with zero attached hydrogens (tertiary/aromatic N) is 5. The summed E-state index contributed by atoms with van der Waals surface area (Å²) in [7, 11) is 0. The number of benzene rings is 1. The van der Waals surface area contributed by atoms with Gasteiger partial charge in [-0.3, -0.25) is 9.30 Å². The van der Waals surface area contributed by atoms with E-state index >= 15 is 0 Å². The monoisotopic (exact) mass is 455 g/mol. The first-order valence-electron chi connectivity index (χ1n) is 10.2. The van der Waals surface area contributed by atoms with Gasteiger partial charge in [-0.05, 0) is 30.7 Å². The Bertz CT molecular complexity index is 1090. The topological polar surface area (TPSA) is 45.9 Å². The standard InChI is InChI=1S/C21H22F5N5O/c1-2-32-13-18-27-28-20-19(21(24,25)26)14(5-6-31(18)20)12-29-7-9-30(10-8-29)17-4-3-15(22)11-16(17)23/h3-6,11H,2,7-10,12-13H2,1H3. The quantitative estimate of drug-likeness (QED) is 0.528. The van der Waals surface area contributed by atoms with E-state index in [1.54, 1.807) is 11.8 Å². The molecule has 172 valence electrons. The molecule has 6 nitrogen and oxygen atoms in total. The number of ether oxygens (including phenoxy) is 1. The molecule has 0 radical (unpaired) electrons. The Morgan fingerprint density at radius 2 is 1.78 bits per heavy atom. The summed E-state index contributed by atoms with van der Waals surface area (Å²) < 4.78 is 75.6. The van der Waals surface area contributed by atoms with Gasteiger partial charge in [0.1, 0.15) is 23.8 Å². The van der Waals surface area contributed by atoms with Gasteiger partial charge in [0.25, 0.3) is 0 Å². The van der Waals surface area contributed by atoms with Crippen molar-refractivity contribution in [2.24, 2.45) is 0 Å². The van der Waals surface area contributed by atoms with Gasteiger partial charge in [-0.2, -0.15) is 13.2 Å². The summed E-state index contributed by atoms with van der Waals surface area (Å²) in [6.45, 7) is 4.02. The van der Waals surface area contributed by atoms with Crippen molar-refractivity contribution in [1.82, 2.24) is 19.5 Å². The van der Waals surface area contributed by atoms with Crippen LogP contribution in [-0.2, 0) is 24.1 Å². The van der Waals surface area contributed by atoms with E-state index in [0.717, 1.165) is 6.07 Å². The fourth-order valence-electron chi connectivity index (χ4n) is 3.90. The van der Waals surface area contributed by atoms with E-state index in [1.165, 1.54) is 28.8 Å². The maximum atomic E-state index is 14.0. The molecule has 0 spiro atoms. The first-order chi connectivity index (χ1) is 15.3. The fourth-order valence-corrected chi connectivity index (χ4v) is 3.90. The van der Waals surface area contributed by atoms with Gasteiger partial charge in [0, 0.05) is 51.6 Å². The van der Waals surface area contributed by atoms with Crippen LogP contribution < -0.4 is 4.90 Å². The van der Waals surface area contributed by atoms with Gasteiger partial charge in [0.2, 0.25) is 0 Å². The lowest BCUT2D eigenvalue weighted by Crippen LogP contribution is -2.46. The lowest BCUT2D eigenvalue weighted by atomic mass is 10.1. The molecule has 2 aromatic heterocycles. The summed E-state index contributed by atoms with van der Waals surface area (Å²) in [4.78, 5) is 3.63. The van der Waals surface area contributed by atoms with Crippen LogP contribution >= 0.6 is 0 Å². The third-order valence-electron chi connectivity index (χ3n) is 5.47. The molecule has 32 heavy (non-hydrogen) atoms. The number of fused-ring (bicyclic) bond motifs is 1. The third kappa shape index (κ3) is 4.53. The number of rotatable bonds is 6. The van der Waals surface area contributed by atoms with Gasteiger partial charge >= 0.3 is 6.18 Å².